The fourth-order valence-electron chi connectivity index (χ4n) is 1.00. The quantitative estimate of drug-likeness (QED) is 0.468. The van der Waals surface area contributed by atoms with Crippen LogP contribution < -0.4 is 0 Å². The van der Waals surface area contributed by atoms with Crippen LogP contribution in [-0.2, 0) is 8.85 Å². The number of hydrogen-bond acceptors (Lipinski definition) is 3. The summed E-state index contributed by atoms with van der Waals surface area (Å²) in [5.41, 5.74) is 0.494. The number of nitrogens with zero attached hydrogens (tertiary/aromatic N) is 1. The molecule has 0 fully saturated rings. The van der Waals surface area contributed by atoms with Gasteiger partial charge in [-0.2, -0.15) is 0 Å². The van der Waals surface area contributed by atoms with Gasteiger partial charge < -0.3 is 8.85 Å². The second-order valence-corrected chi connectivity index (χ2v) is 5.02. The first-order valence-electron chi connectivity index (χ1n) is 4.15. The molecule has 4 heteroatoms. The van der Waals surface area contributed by atoms with Crippen LogP contribution in [0.1, 0.15) is 20.3 Å². The Morgan fingerprint density at radius 1 is 1.42 bits per heavy atom. The van der Waals surface area contributed by atoms with Gasteiger partial charge >= 0.3 is 9.28 Å². The summed E-state index contributed by atoms with van der Waals surface area (Å²) in [4.78, 5) is 4.14. The van der Waals surface area contributed by atoms with Gasteiger partial charge in [0, 0.05) is 26.3 Å². The van der Waals surface area contributed by atoms with Gasteiger partial charge in [0.1, 0.15) is 0 Å². The Labute approximate surface area is 76.6 Å². The van der Waals surface area contributed by atoms with Gasteiger partial charge in [-0.15, -0.1) is 0 Å². The molecule has 0 aliphatic carbocycles. The predicted molar refractivity (Wildman–Crippen MR) is 52.8 cm³/mol. The van der Waals surface area contributed by atoms with Crippen LogP contribution >= 0.6 is 0 Å². The lowest BCUT2D eigenvalue weighted by Gasteiger charge is -2.15. The van der Waals surface area contributed by atoms with E-state index in [-0.39, 0.29) is 0 Å². The van der Waals surface area contributed by atoms with E-state index in [1.54, 1.807) is 14.2 Å². The van der Waals surface area contributed by atoms with E-state index in [0.29, 0.717) is 5.54 Å². The van der Waals surface area contributed by atoms with Crippen molar-refractivity contribution >= 4 is 15.5 Å². The first-order chi connectivity index (χ1) is 5.76. The molecule has 0 aliphatic heterocycles. The summed E-state index contributed by atoms with van der Waals surface area (Å²) < 4.78 is 10.4. The molecule has 1 radical (unpaired) electrons. The van der Waals surface area contributed by atoms with Gasteiger partial charge in [-0.25, -0.2) is 0 Å². The van der Waals surface area contributed by atoms with Crippen LogP contribution in [-0.4, -0.2) is 36.3 Å². The predicted octanol–water partition coefficient (Wildman–Crippen LogP) is 1.64. The molecule has 71 valence electrons. The zero-order valence-electron chi connectivity index (χ0n) is 8.33. The van der Waals surface area contributed by atoms with Crippen molar-refractivity contribution in [2.24, 2.45) is 4.99 Å². The molecule has 0 saturated heterocycles. The molecule has 0 rings (SSSR count). The zero-order chi connectivity index (χ0) is 9.40. The van der Waals surface area contributed by atoms with E-state index in [4.69, 9.17) is 8.85 Å². The molecule has 0 amide bonds. The molecule has 0 aromatic rings. The van der Waals surface area contributed by atoms with Gasteiger partial charge in [0.15, 0.2) is 0 Å². The lowest BCUT2D eigenvalue weighted by atomic mass is 10.3. The normalized spacial score (nSPS) is 14.4. The van der Waals surface area contributed by atoms with Crippen LogP contribution in [0.25, 0.3) is 0 Å². The van der Waals surface area contributed by atoms with Crippen molar-refractivity contribution in [3.05, 3.63) is 0 Å². The lowest BCUT2D eigenvalue weighted by molar-refractivity contribution is 0.265. The van der Waals surface area contributed by atoms with Gasteiger partial charge in [0.2, 0.25) is 0 Å². The summed E-state index contributed by atoms with van der Waals surface area (Å²) in [6.07, 6.45) is 2.87. The van der Waals surface area contributed by atoms with E-state index in [1.165, 1.54) is 0 Å². The van der Waals surface area contributed by atoms with Crippen LogP contribution in [0.5, 0.6) is 0 Å². The van der Waals surface area contributed by atoms with Gasteiger partial charge in [-0.05, 0) is 19.6 Å². The smallest absolute Gasteiger partial charge is 0.387 e. The minimum Gasteiger partial charge on any atom is -0.397 e. The topological polar surface area (TPSA) is 30.8 Å². The van der Waals surface area contributed by atoms with E-state index >= 15 is 0 Å². The van der Waals surface area contributed by atoms with Crippen molar-refractivity contribution < 1.29 is 8.85 Å². The van der Waals surface area contributed by atoms with Crippen molar-refractivity contribution in [2.75, 3.05) is 20.8 Å². The third kappa shape index (κ3) is 4.64. The number of aliphatic imine (C=N–C) groups is 1. The minimum absolute atomic E-state index is 0.494. The summed E-state index contributed by atoms with van der Waals surface area (Å²) in [5, 5.41) is 0. The highest BCUT2D eigenvalue weighted by atomic mass is 28.3. The van der Waals surface area contributed by atoms with E-state index < -0.39 is 9.28 Å². The molecular formula is C8H18NO2Si. The van der Waals surface area contributed by atoms with Crippen LogP contribution in [0.15, 0.2) is 4.99 Å². The maximum atomic E-state index is 5.22. The fraction of sp³-hybridized carbons (Fsp3) is 0.875. The second-order valence-electron chi connectivity index (χ2n) is 2.58. The van der Waals surface area contributed by atoms with Crippen molar-refractivity contribution in [1.29, 1.82) is 0 Å². The Kier molecular flexibility index (Phi) is 7.34. The first kappa shape index (κ1) is 11.8. The average Bonchev–Trinajstić information content (AvgIpc) is 2.07. The molecule has 1 unspecified atom stereocenters. The molecule has 0 aromatic carbocycles. The molecule has 0 aliphatic rings. The fourth-order valence-corrected chi connectivity index (χ4v) is 2.34. The molecular weight excluding hydrogens is 170 g/mol. The monoisotopic (exact) mass is 188 g/mol. The summed E-state index contributed by atoms with van der Waals surface area (Å²) in [7, 11) is 2.36. The lowest BCUT2D eigenvalue weighted by Crippen LogP contribution is -2.24. The molecule has 0 N–H and O–H groups in total. The summed E-state index contributed by atoms with van der Waals surface area (Å²) in [5.74, 6) is 0. The Morgan fingerprint density at radius 3 is 2.42 bits per heavy atom. The third-order valence-electron chi connectivity index (χ3n) is 1.68. The van der Waals surface area contributed by atoms with Gasteiger partial charge in [0.05, 0.1) is 0 Å². The van der Waals surface area contributed by atoms with Crippen molar-refractivity contribution in [3.63, 3.8) is 0 Å². The van der Waals surface area contributed by atoms with Crippen LogP contribution in [0.3, 0.4) is 0 Å². The van der Waals surface area contributed by atoms with E-state index in [1.807, 2.05) is 13.1 Å². The highest BCUT2D eigenvalue weighted by Gasteiger charge is 2.20. The maximum absolute atomic E-state index is 5.22. The SMILES string of the molecule is CC=NCCC(C)[Si](OC)OC. The van der Waals surface area contributed by atoms with Gasteiger partial charge in [-0.1, -0.05) is 6.92 Å². The molecule has 0 aromatic heterocycles. The van der Waals surface area contributed by atoms with E-state index in [9.17, 15) is 0 Å². The average molecular weight is 188 g/mol. The number of hydrogen-bond donors (Lipinski definition) is 0. The van der Waals surface area contributed by atoms with Gasteiger partial charge in [0.25, 0.3) is 0 Å². The Balaban J connectivity index is 3.60. The van der Waals surface area contributed by atoms with Crippen molar-refractivity contribution in [1.82, 2.24) is 0 Å². The van der Waals surface area contributed by atoms with Crippen LogP contribution in [0, 0.1) is 0 Å². The Morgan fingerprint density at radius 2 is 2.00 bits per heavy atom. The van der Waals surface area contributed by atoms with Crippen molar-refractivity contribution in [3.8, 4) is 0 Å². The van der Waals surface area contributed by atoms with E-state index in [0.717, 1.165) is 13.0 Å². The molecule has 0 bridgehead atoms. The van der Waals surface area contributed by atoms with Gasteiger partial charge in [-0.3, -0.25) is 4.99 Å². The summed E-state index contributed by atoms with van der Waals surface area (Å²) >= 11 is 0. The molecule has 0 spiro atoms. The maximum Gasteiger partial charge on any atom is 0.387 e. The Hall–Kier alpha value is -0.193. The standard InChI is InChI=1S/C8H18NO2Si/c1-5-9-7-6-8(2)12(10-3)11-4/h5,8H,6-7H2,1-4H3. The first-order valence-corrected chi connectivity index (χ1v) is 5.54. The molecule has 0 heterocycles. The minimum atomic E-state index is -1.06. The largest absolute Gasteiger partial charge is 0.397 e. The molecule has 12 heavy (non-hydrogen) atoms. The number of rotatable bonds is 6. The summed E-state index contributed by atoms with van der Waals surface area (Å²) in [6, 6.07) is 0. The zero-order valence-corrected chi connectivity index (χ0v) is 9.33. The highest BCUT2D eigenvalue weighted by Crippen LogP contribution is 2.14. The Bertz CT molecular complexity index is 126. The summed E-state index contributed by atoms with van der Waals surface area (Å²) in [6.45, 7) is 4.95. The van der Waals surface area contributed by atoms with Crippen LogP contribution in [0.2, 0.25) is 5.54 Å². The van der Waals surface area contributed by atoms with Crippen molar-refractivity contribution in [2.45, 2.75) is 25.8 Å². The third-order valence-corrected chi connectivity index (χ3v) is 3.58. The molecule has 1 atom stereocenters. The second kappa shape index (κ2) is 7.46. The highest BCUT2D eigenvalue weighted by molar-refractivity contribution is 6.46. The molecule has 3 nitrogen and oxygen atoms in total. The van der Waals surface area contributed by atoms with Crippen LogP contribution in [0.4, 0.5) is 0 Å². The van der Waals surface area contributed by atoms with E-state index in [2.05, 4.69) is 11.9 Å². The molecule has 0 saturated carbocycles.